The van der Waals surface area contributed by atoms with E-state index in [1.165, 1.54) is 42.2 Å². The smallest absolute Gasteiger partial charge is 0.296 e. The van der Waals surface area contributed by atoms with Gasteiger partial charge in [-0.2, -0.15) is 0 Å². The Morgan fingerprint density at radius 2 is 1.79 bits per heavy atom. The highest BCUT2D eigenvalue weighted by Gasteiger charge is 2.47. The molecule has 1 unspecified atom stereocenters. The molecule has 12 heteroatoms. The number of hydrogen-bond acceptors (Lipinski definition) is 11. The number of Topliss-reactive ketones (excluding diaryl/α,β-unsaturated/α-hetero) is 1. The lowest BCUT2D eigenvalue weighted by Crippen LogP contribution is -2.31. The minimum Gasteiger partial charge on any atom is -0.503 e. The van der Waals surface area contributed by atoms with Gasteiger partial charge in [-0.3, -0.25) is 14.5 Å². The number of aliphatic hydroxyl groups is 1. The van der Waals surface area contributed by atoms with E-state index in [-0.39, 0.29) is 16.5 Å². The normalized spacial score (nSPS) is 14.7. The number of anilines is 1. The number of methoxy groups -OCH3 is 2. The first-order chi connectivity index (χ1) is 22.9. The van der Waals surface area contributed by atoms with Crippen molar-refractivity contribution in [2.75, 3.05) is 25.7 Å². The van der Waals surface area contributed by atoms with Gasteiger partial charge in [0.2, 0.25) is 10.9 Å². The first-order valence-electron chi connectivity index (χ1n) is 15.1. The van der Waals surface area contributed by atoms with E-state index >= 15 is 0 Å². The number of rotatable bonds is 14. The summed E-state index contributed by atoms with van der Waals surface area (Å²) < 4.78 is 23.6. The van der Waals surface area contributed by atoms with E-state index in [0.717, 1.165) is 24.8 Å². The average molecular weight is 672 g/mol. The van der Waals surface area contributed by atoms with Crippen molar-refractivity contribution in [1.29, 1.82) is 0 Å². The maximum Gasteiger partial charge on any atom is 0.296 e. The molecule has 242 valence electrons. The Labute approximate surface area is 280 Å². The number of carbonyl (C=O) groups excluding carboxylic acids is 2. The van der Waals surface area contributed by atoms with Crippen molar-refractivity contribution in [3.05, 3.63) is 101 Å². The fraction of sp³-hybridized carbons (Fsp3) is 0.257. The molecule has 1 aliphatic rings. The number of benzene rings is 3. The molecule has 0 radical (unpaired) electrons. The highest BCUT2D eigenvalue weighted by atomic mass is 32.2. The number of nitrogens with zero attached hydrogens (tertiary/aromatic N) is 3. The van der Waals surface area contributed by atoms with Crippen molar-refractivity contribution in [1.82, 2.24) is 10.2 Å². The van der Waals surface area contributed by atoms with Crippen LogP contribution in [0.3, 0.4) is 0 Å². The van der Waals surface area contributed by atoms with Gasteiger partial charge in [0, 0.05) is 11.1 Å². The molecule has 0 bridgehead atoms. The van der Waals surface area contributed by atoms with Gasteiger partial charge in [-0.25, -0.2) is 0 Å². The highest BCUT2D eigenvalue weighted by molar-refractivity contribution is 8.00. The van der Waals surface area contributed by atoms with Crippen molar-refractivity contribution in [2.24, 2.45) is 0 Å². The van der Waals surface area contributed by atoms with E-state index in [1.54, 1.807) is 42.5 Å². The molecular weight excluding hydrogens is 639 g/mol. The molecule has 3 aromatic carbocycles. The third kappa shape index (κ3) is 6.56. The molecule has 0 saturated carbocycles. The number of aliphatic hydroxyl groups excluding tert-OH is 1. The van der Waals surface area contributed by atoms with Gasteiger partial charge < -0.3 is 23.7 Å². The molecule has 1 aliphatic heterocycles. The predicted octanol–water partition coefficient (Wildman–Crippen LogP) is 7.95. The SMILES string of the molecule is CCCCCOc1ccc(C2C(C(=O)c3cc4cccc(OC)c4o3)=C(O)C(=O)N2c2nnc(SCc3ccccc3)s2)cc1OC. The molecule has 1 N–H and O–H groups in total. The zero-order valence-corrected chi connectivity index (χ0v) is 27.7. The maximum absolute atomic E-state index is 14.2. The van der Waals surface area contributed by atoms with E-state index in [0.29, 0.717) is 50.5 Å². The lowest BCUT2D eigenvalue weighted by Gasteiger charge is -2.24. The molecular formula is C35H33N3O7S2. The maximum atomic E-state index is 14.2. The number of hydrogen-bond donors (Lipinski definition) is 1. The van der Waals surface area contributed by atoms with Crippen molar-refractivity contribution in [3.63, 3.8) is 0 Å². The van der Waals surface area contributed by atoms with E-state index in [4.69, 9.17) is 18.6 Å². The number of para-hydroxylation sites is 1. The van der Waals surface area contributed by atoms with Crippen molar-refractivity contribution in [2.45, 2.75) is 42.3 Å². The van der Waals surface area contributed by atoms with E-state index in [2.05, 4.69) is 17.1 Å². The first-order valence-corrected chi connectivity index (χ1v) is 16.9. The minimum atomic E-state index is -1.06. The summed E-state index contributed by atoms with van der Waals surface area (Å²) in [6.07, 6.45) is 3.00. The fourth-order valence-electron chi connectivity index (χ4n) is 5.38. The quantitative estimate of drug-likeness (QED) is 0.0538. The second-order valence-corrected chi connectivity index (χ2v) is 12.9. The standard InChI is InChI=1S/C35H33N3O7S2/c1-4-5-9-17-44-24-16-15-22(18-26(24)43-3)29-28(30(39)27-19-23-13-10-14-25(42-2)32(23)45-27)31(40)33(41)38(29)34-36-37-35(47-34)46-20-21-11-7-6-8-12-21/h6-8,10-16,18-19,29,40H,4-5,9,17,20H2,1-3H3. The monoisotopic (exact) mass is 671 g/mol. The number of furan rings is 1. The van der Waals surface area contributed by atoms with Crippen molar-refractivity contribution >= 4 is 50.9 Å². The molecule has 5 aromatic rings. The zero-order valence-electron chi connectivity index (χ0n) is 26.1. The van der Waals surface area contributed by atoms with E-state index in [9.17, 15) is 14.7 Å². The summed E-state index contributed by atoms with van der Waals surface area (Å²) in [5.74, 6) is -0.102. The highest BCUT2D eigenvalue weighted by Crippen LogP contribution is 2.46. The lowest BCUT2D eigenvalue weighted by molar-refractivity contribution is -0.117. The second-order valence-electron chi connectivity index (χ2n) is 10.7. The van der Waals surface area contributed by atoms with Gasteiger partial charge in [-0.1, -0.05) is 91.4 Å². The van der Waals surface area contributed by atoms with Crippen LogP contribution in [0.25, 0.3) is 11.0 Å². The zero-order chi connectivity index (χ0) is 32.9. The Balaban J connectivity index is 1.38. The Morgan fingerprint density at radius 1 is 0.979 bits per heavy atom. The molecule has 0 aliphatic carbocycles. The van der Waals surface area contributed by atoms with Crippen LogP contribution in [0.2, 0.25) is 0 Å². The predicted molar refractivity (Wildman–Crippen MR) is 181 cm³/mol. The summed E-state index contributed by atoms with van der Waals surface area (Å²) in [7, 11) is 3.04. The van der Waals surface area contributed by atoms with Crippen LogP contribution in [0.5, 0.6) is 17.2 Å². The van der Waals surface area contributed by atoms with Crippen molar-refractivity contribution in [3.8, 4) is 17.2 Å². The van der Waals surface area contributed by atoms with Crippen LogP contribution in [0.4, 0.5) is 5.13 Å². The van der Waals surface area contributed by atoms with Crippen LogP contribution < -0.4 is 19.1 Å². The van der Waals surface area contributed by atoms with Crippen molar-refractivity contribution < 1.29 is 33.3 Å². The van der Waals surface area contributed by atoms with Crippen LogP contribution in [0, 0.1) is 0 Å². The lowest BCUT2D eigenvalue weighted by atomic mass is 9.95. The Bertz CT molecular complexity index is 1940. The van der Waals surface area contributed by atoms with Gasteiger partial charge in [-0.15, -0.1) is 10.2 Å². The molecule has 1 atom stereocenters. The van der Waals surface area contributed by atoms with Crippen LogP contribution in [-0.2, 0) is 10.5 Å². The Kier molecular flexibility index (Phi) is 9.79. The van der Waals surface area contributed by atoms with E-state index in [1.807, 2.05) is 30.3 Å². The molecule has 47 heavy (non-hydrogen) atoms. The second kappa shape index (κ2) is 14.3. The van der Waals surface area contributed by atoms with E-state index < -0.39 is 23.5 Å². The van der Waals surface area contributed by atoms with Crippen LogP contribution in [0.1, 0.15) is 53.9 Å². The summed E-state index contributed by atoms with van der Waals surface area (Å²) >= 11 is 2.68. The number of thioether (sulfide) groups is 1. The summed E-state index contributed by atoms with van der Waals surface area (Å²) in [6, 6.07) is 20.9. The van der Waals surface area contributed by atoms with Gasteiger partial charge in [0.15, 0.2) is 38.7 Å². The molecule has 0 saturated heterocycles. The molecule has 3 heterocycles. The fourth-order valence-corrected chi connectivity index (χ4v) is 7.20. The number of carbonyl (C=O) groups is 2. The molecule has 2 aromatic heterocycles. The topological polar surface area (TPSA) is 124 Å². The Morgan fingerprint density at radius 3 is 2.55 bits per heavy atom. The summed E-state index contributed by atoms with van der Waals surface area (Å²) in [4.78, 5) is 29.3. The van der Waals surface area contributed by atoms with Crippen LogP contribution >= 0.6 is 23.1 Å². The molecule has 1 amide bonds. The molecule has 6 rings (SSSR count). The van der Waals surface area contributed by atoms with Gasteiger partial charge in [0.25, 0.3) is 5.91 Å². The Hall–Kier alpha value is -4.81. The minimum absolute atomic E-state index is 0.0510. The third-order valence-electron chi connectivity index (χ3n) is 7.72. The number of ether oxygens (including phenoxy) is 3. The van der Waals surface area contributed by atoms with Gasteiger partial charge in [0.05, 0.1) is 32.4 Å². The number of unbranched alkanes of at least 4 members (excludes halogenated alkanes) is 2. The summed E-state index contributed by atoms with van der Waals surface area (Å²) in [6.45, 7) is 2.64. The average Bonchev–Trinajstić information content (AvgIpc) is 3.82. The number of amides is 1. The molecule has 0 spiro atoms. The number of aromatic nitrogens is 2. The molecule has 10 nitrogen and oxygen atoms in total. The third-order valence-corrected chi connectivity index (χ3v) is 9.85. The van der Waals surface area contributed by atoms with Gasteiger partial charge in [0.1, 0.15) is 0 Å². The van der Waals surface area contributed by atoms with Gasteiger partial charge >= 0.3 is 0 Å². The molecule has 0 fully saturated rings. The van der Waals surface area contributed by atoms with Crippen LogP contribution in [-0.4, -0.2) is 47.8 Å². The largest absolute Gasteiger partial charge is 0.503 e. The first kappa shape index (κ1) is 32.1. The number of fused-ring (bicyclic) bond motifs is 1. The van der Waals surface area contributed by atoms with Gasteiger partial charge in [-0.05, 0) is 41.8 Å². The summed E-state index contributed by atoms with van der Waals surface area (Å²) in [5, 5.41) is 20.8. The summed E-state index contributed by atoms with van der Waals surface area (Å²) in [5.41, 5.74) is 1.85. The van der Waals surface area contributed by atoms with Crippen LogP contribution in [0.15, 0.2) is 92.9 Å². The number of ketones is 1.